The van der Waals surface area contributed by atoms with Gasteiger partial charge < -0.3 is 15.7 Å². The van der Waals surface area contributed by atoms with Gasteiger partial charge in [0, 0.05) is 5.56 Å². The fraction of sp³-hybridized carbons (Fsp3) is 0.0714. The monoisotopic (exact) mass is 278 g/mol. The van der Waals surface area contributed by atoms with Gasteiger partial charge in [0.1, 0.15) is 5.75 Å². The first-order valence-electron chi connectivity index (χ1n) is 5.72. The van der Waals surface area contributed by atoms with Crippen molar-refractivity contribution in [1.82, 2.24) is 0 Å². The minimum Gasteiger partial charge on any atom is -0.451 e. The molecule has 0 aliphatic rings. The van der Waals surface area contributed by atoms with Crippen LogP contribution in [0.5, 0.6) is 11.5 Å². The molecule has 0 bridgehead atoms. The predicted molar refractivity (Wildman–Crippen MR) is 70.1 cm³/mol. The van der Waals surface area contributed by atoms with Gasteiger partial charge in [-0.05, 0) is 31.2 Å². The number of hydrogen-bond donors (Lipinski definition) is 2. The second kappa shape index (κ2) is 5.56. The highest BCUT2D eigenvalue weighted by molar-refractivity contribution is 5.97. The van der Waals surface area contributed by atoms with Crippen molar-refractivity contribution in [2.24, 2.45) is 10.9 Å². The largest absolute Gasteiger partial charge is 0.451 e. The summed E-state index contributed by atoms with van der Waals surface area (Å²) in [7, 11) is 0. The molecule has 0 aromatic heterocycles. The molecule has 0 saturated heterocycles. The van der Waals surface area contributed by atoms with E-state index in [0.717, 1.165) is 17.7 Å². The number of aryl methyl sites for hydroxylation is 1. The van der Waals surface area contributed by atoms with Crippen LogP contribution in [-0.2, 0) is 0 Å². The number of nitrogens with zero attached hydrogens (tertiary/aromatic N) is 1. The highest BCUT2D eigenvalue weighted by Gasteiger charge is 2.15. The molecule has 2 rings (SSSR count). The van der Waals surface area contributed by atoms with Gasteiger partial charge in [0.2, 0.25) is 0 Å². The standard InChI is InChI=1S/C14H12F2N2O2/c1-8-2-4-10(5-3-8)20-13-11(15)6-9(7-12(13)16)14(17)18-19/h2-7,19H,1H3,(H2,17,18). The van der Waals surface area contributed by atoms with Gasteiger partial charge in [-0.2, -0.15) is 0 Å². The SMILES string of the molecule is Cc1ccc(Oc2c(F)cc(/C(N)=N/O)cc2F)cc1. The lowest BCUT2D eigenvalue weighted by Gasteiger charge is -2.09. The smallest absolute Gasteiger partial charge is 0.198 e. The fourth-order valence-electron chi connectivity index (χ4n) is 1.59. The summed E-state index contributed by atoms with van der Waals surface area (Å²) < 4.78 is 32.8. The number of rotatable bonds is 3. The molecule has 0 saturated carbocycles. The van der Waals surface area contributed by atoms with Gasteiger partial charge in [0.25, 0.3) is 0 Å². The minimum atomic E-state index is -0.938. The van der Waals surface area contributed by atoms with Crippen LogP contribution in [-0.4, -0.2) is 11.0 Å². The van der Waals surface area contributed by atoms with Crippen molar-refractivity contribution in [3.05, 3.63) is 59.2 Å². The molecule has 104 valence electrons. The Labute approximate surface area is 114 Å². The molecule has 3 N–H and O–H groups in total. The Morgan fingerprint density at radius 3 is 2.20 bits per heavy atom. The maximum Gasteiger partial charge on any atom is 0.198 e. The summed E-state index contributed by atoms with van der Waals surface area (Å²) in [6, 6.07) is 8.59. The first kappa shape index (κ1) is 13.8. The van der Waals surface area contributed by atoms with E-state index in [1.54, 1.807) is 24.3 Å². The zero-order valence-electron chi connectivity index (χ0n) is 10.6. The first-order chi connectivity index (χ1) is 9.51. The van der Waals surface area contributed by atoms with Gasteiger partial charge in [0.15, 0.2) is 23.2 Å². The zero-order chi connectivity index (χ0) is 14.7. The van der Waals surface area contributed by atoms with E-state index in [4.69, 9.17) is 15.7 Å². The molecule has 0 atom stereocenters. The van der Waals surface area contributed by atoms with E-state index in [1.807, 2.05) is 6.92 Å². The fourth-order valence-corrected chi connectivity index (χ4v) is 1.59. The summed E-state index contributed by atoms with van der Waals surface area (Å²) in [6.45, 7) is 1.89. The maximum absolute atomic E-state index is 13.8. The molecule has 6 heteroatoms. The van der Waals surface area contributed by atoms with E-state index in [1.165, 1.54) is 0 Å². The lowest BCUT2D eigenvalue weighted by Crippen LogP contribution is -2.14. The molecular weight excluding hydrogens is 266 g/mol. The molecule has 0 aliphatic carbocycles. The number of oxime groups is 1. The van der Waals surface area contributed by atoms with Gasteiger partial charge in [0.05, 0.1) is 0 Å². The zero-order valence-corrected chi connectivity index (χ0v) is 10.6. The summed E-state index contributed by atoms with van der Waals surface area (Å²) >= 11 is 0. The van der Waals surface area contributed by atoms with Crippen molar-refractivity contribution in [1.29, 1.82) is 0 Å². The molecule has 4 nitrogen and oxygen atoms in total. The van der Waals surface area contributed by atoms with Crippen LogP contribution < -0.4 is 10.5 Å². The molecule has 0 amide bonds. The number of hydrogen-bond acceptors (Lipinski definition) is 3. The Bertz CT molecular complexity index is 632. The van der Waals surface area contributed by atoms with E-state index < -0.39 is 17.4 Å². The minimum absolute atomic E-state index is 0.0706. The molecule has 2 aromatic carbocycles. The van der Waals surface area contributed by atoms with Crippen LogP contribution in [0.2, 0.25) is 0 Å². The Kier molecular flexibility index (Phi) is 3.84. The van der Waals surface area contributed by atoms with Crippen molar-refractivity contribution in [3.63, 3.8) is 0 Å². The van der Waals surface area contributed by atoms with E-state index in [9.17, 15) is 8.78 Å². The normalized spacial score (nSPS) is 11.4. The van der Waals surface area contributed by atoms with Crippen LogP contribution in [0, 0.1) is 18.6 Å². The van der Waals surface area contributed by atoms with Crippen molar-refractivity contribution in [2.75, 3.05) is 0 Å². The molecule has 0 heterocycles. The molecular formula is C14H12F2N2O2. The molecule has 2 aromatic rings. The third kappa shape index (κ3) is 2.85. The van der Waals surface area contributed by atoms with Crippen molar-refractivity contribution < 1.29 is 18.7 Å². The van der Waals surface area contributed by atoms with Gasteiger partial charge >= 0.3 is 0 Å². The molecule has 0 unspecified atom stereocenters. The third-order valence-electron chi connectivity index (χ3n) is 2.64. The number of benzene rings is 2. The van der Waals surface area contributed by atoms with Gasteiger partial charge in [-0.25, -0.2) is 8.78 Å². The second-order valence-corrected chi connectivity index (χ2v) is 4.17. The highest BCUT2D eigenvalue weighted by atomic mass is 19.1. The second-order valence-electron chi connectivity index (χ2n) is 4.17. The van der Waals surface area contributed by atoms with Crippen LogP contribution in [0.3, 0.4) is 0 Å². The van der Waals surface area contributed by atoms with Crippen molar-refractivity contribution in [2.45, 2.75) is 6.92 Å². The van der Waals surface area contributed by atoms with E-state index in [-0.39, 0.29) is 11.4 Å². The Morgan fingerprint density at radius 1 is 1.15 bits per heavy atom. The van der Waals surface area contributed by atoms with Gasteiger partial charge in [-0.3, -0.25) is 0 Å². The third-order valence-corrected chi connectivity index (χ3v) is 2.64. The molecule has 20 heavy (non-hydrogen) atoms. The first-order valence-corrected chi connectivity index (χ1v) is 5.72. The van der Waals surface area contributed by atoms with E-state index >= 15 is 0 Å². The lowest BCUT2D eigenvalue weighted by atomic mass is 10.2. The summed E-state index contributed by atoms with van der Waals surface area (Å²) in [6.07, 6.45) is 0. The van der Waals surface area contributed by atoms with Gasteiger partial charge in [-0.1, -0.05) is 22.9 Å². The van der Waals surface area contributed by atoms with Crippen molar-refractivity contribution >= 4 is 5.84 Å². The molecule has 0 aliphatic heterocycles. The highest BCUT2D eigenvalue weighted by Crippen LogP contribution is 2.28. The molecule has 0 fully saturated rings. The van der Waals surface area contributed by atoms with E-state index in [0.29, 0.717) is 5.75 Å². The molecule has 0 spiro atoms. The Hall–Kier alpha value is -2.63. The van der Waals surface area contributed by atoms with Crippen LogP contribution in [0.25, 0.3) is 0 Å². The lowest BCUT2D eigenvalue weighted by molar-refractivity contribution is 0.318. The quantitative estimate of drug-likeness (QED) is 0.392. The van der Waals surface area contributed by atoms with Crippen molar-refractivity contribution in [3.8, 4) is 11.5 Å². The number of nitrogens with two attached hydrogens (primary N) is 1. The summed E-state index contributed by atoms with van der Waals surface area (Å²) in [5, 5.41) is 11.2. The average molecular weight is 278 g/mol. The van der Waals surface area contributed by atoms with Crippen LogP contribution >= 0.6 is 0 Å². The Morgan fingerprint density at radius 2 is 1.70 bits per heavy atom. The van der Waals surface area contributed by atoms with Crippen LogP contribution in [0.4, 0.5) is 8.78 Å². The number of halogens is 2. The number of amidine groups is 1. The molecule has 0 radical (unpaired) electrons. The average Bonchev–Trinajstić information content (AvgIpc) is 2.43. The van der Waals surface area contributed by atoms with Crippen LogP contribution in [0.15, 0.2) is 41.6 Å². The summed E-state index contributed by atoms with van der Waals surface area (Å²) in [5.41, 5.74) is 6.21. The predicted octanol–water partition coefficient (Wildman–Crippen LogP) is 3.16. The summed E-state index contributed by atoms with van der Waals surface area (Å²) in [5.74, 6) is -2.49. The Balaban J connectivity index is 2.35. The topological polar surface area (TPSA) is 67.8 Å². The van der Waals surface area contributed by atoms with Gasteiger partial charge in [-0.15, -0.1) is 0 Å². The van der Waals surface area contributed by atoms with E-state index in [2.05, 4.69) is 5.16 Å². The summed E-state index contributed by atoms with van der Waals surface area (Å²) in [4.78, 5) is 0. The number of ether oxygens (including phenoxy) is 1. The maximum atomic E-state index is 13.8. The van der Waals surface area contributed by atoms with Crippen LogP contribution in [0.1, 0.15) is 11.1 Å².